The fourth-order valence-electron chi connectivity index (χ4n) is 2.77. The number of aryl methyl sites for hydroxylation is 1. The molecule has 0 atom stereocenters. The van der Waals surface area contributed by atoms with Gasteiger partial charge in [-0.25, -0.2) is 0 Å². The number of benzene rings is 3. The Morgan fingerprint density at radius 1 is 0.967 bits per heavy atom. The van der Waals surface area contributed by atoms with E-state index in [0.29, 0.717) is 35.1 Å². The highest BCUT2D eigenvalue weighted by Crippen LogP contribution is 2.29. The minimum Gasteiger partial charge on any atom is -0.493 e. The largest absolute Gasteiger partial charge is 0.493 e. The Kier molecular flexibility index (Phi) is 6.91. The third-order valence-electron chi connectivity index (χ3n) is 4.30. The SMILES string of the molecule is COc1cc(C#N)ccc1OCC(=O)Nc1ccc(C)cc1OCc1ccccc1. The summed E-state index contributed by atoms with van der Waals surface area (Å²) in [6, 6.07) is 22.2. The molecule has 30 heavy (non-hydrogen) atoms. The van der Waals surface area contributed by atoms with E-state index in [0.717, 1.165) is 11.1 Å². The molecule has 3 aromatic rings. The van der Waals surface area contributed by atoms with E-state index < -0.39 is 0 Å². The van der Waals surface area contributed by atoms with Crippen molar-refractivity contribution in [3.63, 3.8) is 0 Å². The quantitative estimate of drug-likeness (QED) is 0.601. The van der Waals surface area contributed by atoms with Gasteiger partial charge in [-0.2, -0.15) is 5.26 Å². The Morgan fingerprint density at radius 2 is 1.77 bits per heavy atom. The lowest BCUT2D eigenvalue weighted by Gasteiger charge is -2.14. The molecule has 0 radical (unpaired) electrons. The topological polar surface area (TPSA) is 80.6 Å². The van der Waals surface area contributed by atoms with E-state index in [2.05, 4.69) is 5.32 Å². The average molecular weight is 402 g/mol. The van der Waals surface area contributed by atoms with E-state index in [-0.39, 0.29) is 12.5 Å². The highest BCUT2D eigenvalue weighted by atomic mass is 16.5. The van der Waals surface area contributed by atoms with Crippen LogP contribution >= 0.6 is 0 Å². The zero-order chi connectivity index (χ0) is 21.3. The number of carbonyl (C=O) groups is 1. The van der Waals surface area contributed by atoms with E-state index >= 15 is 0 Å². The lowest BCUT2D eigenvalue weighted by Crippen LogP contribution is -2.20. The van der Waals surface area contributed by atoms with Crippen molar-refractivity contribution in [3.05, 3.63) is 83.4 Å². The lowest BCUT2D eigenvalue weighted by molar-refractivity contribution is -0.118. The molecular formula is C24H22N2O4. The van der Waals surface area contributed by atoms with Crippen LogP contribution in [0, 0.1) is 18.3 Å². The predicted molar refractivity (Wildman–Crippen MR) is 114 cm³/mol. The molecule has 0 saturated heterocycles. The minimum atomic E-state index is -0.338. The number of nitrogens with zero attached hydrogens (tertiary/aromatic N) is 1. The molecular weight excluding hydrogens is 380 g/mol. The molecule has 0 aromatic heterocycles. The Balaban J connectivity index is 1.64. The van der Waals surface area contributed by atoms with Crippen molar-refractivity contribution in [3.8, 4) is 23.3 Å². The van der Waals surface area contributed by atoms with Crippen LogP contribution in [0.2, 0.25) is 0 Å². The molecule has 0 saturated carbocycles. The summed E-state index contributed by atoms with van der Waals surface area (Å²) in [5.74, 6) is 1.03. The third-order valence-corrected chi connectivity index (χ3v) is 4.30. The van der Waals surface area contributed by atoms with Gasteiger partial charge in [0.25, 0.3) is 5.91 Å². The smallest absolute Gasteiger partial charge is 0.262 e. The van der Waals surface area contributed by atoms with Gasteiger partial charge in [0.15, 0.2) is 18.1 Å². The summed E-state index contributed by atoms with van der Waals surface area (Å²) in [7, 11) is 1.48. The number of nitriles is 1. The summed E-state index contributed by atoms with van der Waals surface area (Å²) in [6.07, 6.45) is 0. The van der Waals surface area contributed by atoms with Crippen molar-refractivity contribution in [2.75, 3.05) is 19.0 Å². The van der Waals surface area contributed by atoms with Crippen LogP contribution in [0.3, 0.4) is 0 Å². The number of amides is 1. The molecule has 0 aliphatic carbocycles. The van der Waals surface area contributed by atoms with Gasteiger partial charge >= 0.3 is 0 Å². The number of ether oxygens (including phenoxy) is 3. The van der Waals surface area contributed by atoms with Crippen LogP contribution in [0.5, 0.6) is 17.2 Å². The van der Waals surface area contributed by atoms with Gasteiger partial charge in [0, 0.05) is 6.07 Å². The van der Waals surface area contributed by atoms with Crippen molar-refractivity contribution >= 4 is 11.6 Å². The molecule has 3 aromatic carbocycles. The Morgan fingerprint density at radius 3 is 2.50 bits per heavy atom. The second-order valence-corrected chi connectivity index (χ2v) is 6.59. The molecule has 0 aliphatic rings. The summed E-state index contributed by atoms with van der Waals surface area (Å²) in [5, 5.41) is 11.8. The second kappa shape index (κ2) is 9.99. The number of hydrogen-bond acceptors (Lipinski definition) is 5. The zero-order valence-electron chi connectivity index (χ0n) is 16.8. The summed E-state index contributed by atoms with van der Waals surface area (Å²) in [5.41, 5.74) is 3.07. The van der Waals surface area contributed by atoms with Crippen LogP contribution in [-0.4, -0.2) is 19.6 Å². The number of methoxy groups -OCH3 is 1. The van der Waals surface area contributed by atoms with Crippen LogP contribution in [0.15, 0.2) is 66.7 Å². The monoisotopic (exact) mass is 402 g/mol. The first-order valence-corrected chi connectivity index (χ1v) is 9.37. The number of carbonyl (C=O) groups excluding carboxylic acids is 1. The van der Waals surface area contributed by atoms with Crippen molar-refractivity contribution in [1.29, 1.82) is 5.26 Å². The van der Waals surface area contributed by atoms with Gasteiger partial charge in [0.2, 0.25) is 0 Å². The predicted octanol–water partition coefficient (Wildman–Crippen LogP) is 4.47. The van der Waals surface area contributed by atoms with E-state index in [1.165, 1.54) is 7.11 Å². The molecule has 0 heterocycles. The van der Waals surface area contributed by atoms with E-state index in [4.69, 9.17) is 19.5 Å². The van der Waals surface area contributed by atoms with Crippen molar-refractivity contribution in [1.82, 2.24) is 0 Å². The van der Waals surface area contributed by atoms with Gasteiger partial charge < -0.3 is 19.5 Å². The van der Waals surface area contributed by atoms with Crippen LogP contribution < -0.4 is 19.5 Å². The Bertz CT molecular complexity index is 1060. The number of anilines is 1. The van der Waals surface area contributed by atoms with Crippen LogP contribution in [0.1, 0.15) is 16.7 Å². The van der Waals surface area contributed by atoms with Gasteiger partial charge in [0.1, 0.15) is 12.4 Å². The Hall–Kier alpha value is -3.98. The van der Waals surface area contributed by atoms with Crippen molar-refractivity contribution < 1.29 is 19.0 Å². The molecule has 0 fully saturated rings. The fraction of sp³-hybridized carbons (Fsp3) is 0.167. The first-order chi connectivity index (χ1) is 14.6. The zero-order valence-corrected chi connectivity index (χ0v) is 16.8. The van der Waals surface area contributed by atoms with Crippen LogP contribution in [-0.2, 0) is 11.4 Å². The van der Waals surface area contributed by atoms with Gasteiger partial charge in [-0.3, -0.25) is 4.79 Å². The van der Waals surface area contributed by atoms with Crippen molar-refractivity contribution in [2.45, 2.75) is 13.5 Å². The summed E-state index contributed by atoms with van der Waals surface area (Å²) >= 11 is 0. The summed E-state index contributed by atoms with van der Waals surface area (Å²) < 4.78 is 16.7. The van der Waals surface area contributed by atoms with Gasteiger partial charge in [0.05, 0.1) is 24.4 Å². The summed E-state index contributed by atoms with van der Waals surface area (Å²) in [6.45, 7) is 2.14. The maximum absolute atomic E-state index is 12.4. The van der Waals surface area contributed by atoms with E-state index in [1.807, 2.05) is 55.5 Å². The molecule has 0 bridgehead atoms. The second-order valence-electron chi connectivity index (χ2n) is 6.59. The third kappa shape index (κ3) is 5.52. The molecule has 152 valence electrons. The molecule has 6 nitrogen and oxygen atoms in total. The van der Waals surface area contributed by atoms with Gasteiger partial charge in [-0.1, -0.05) is 36.4 Å². The average Bonchev–Trinajstić information content (AvgIpc) is 2.78. The Labute approximate surface area is 175 Å². The maximum atomic E-state index is 12.4. The van der Waals surface area contributed by atoms with E-state index in [1.54, 1.807) is 24.3 Å². The first-order valence-electron chi connectivity index (χ1n) is 9.37. The lowest BCUT2D eigenvalue weighted by atomic mass is 10.2. The molecule has 6 heteroatoms. The number of nitrogens with one attached hydrogen (secondary N) is 1. The molecule has 0 unspecified atom stereocenters. The van der Waals surface area contributed by atoms with Gasteiger partial charge in [-0.15, -0.1) is 0 Å². The number of rotatable bonds is 8. The first kappa shape index (κ1) is 20.7. The summed E-state index contributed by atoms with van der Waals surface area (Å²) in [4.78, 5) is 12.4. The molecule has 0 aliphatic heterocycles. The number of hydrogen-bond donors (Lipinski definition) is 1. The molecule has 3 rings (SSSR count). The van der Waals surface area contributed by atoms with Crippen LogP contribution in [0.25, 0.3) is 0 Å². The fourth-order valence-corrected chi connectivity index (χ4v) is 2.77. The minimum absolute atomic E-state index is 0.214. The van der Waals surface area contributed by atoms with E-state index in [9.17, 15) is 4.79 Å². The van der Waals surface area contributed by atoms with Gasteiger partial charge in [-0.05, 0) is 42.3 Å². The normalized spacial score (nSPS) is 10.0. The highest BCUT2D eigenvalue weighted by molar-refractivity contribution is 5.93. The maximum Gasteiger partial charge on any atom is 0.262 e. The standard InChI is InChI=1S/C24H22N2O4/c1-17-8-10-20(22(12-17)29-15-18-6-4-3-5-7-18)26-24(27)16-30-21-11-9-19(14-25)13-23(21)28-2/h3-13H,15-16H2,1-2H3,(H,26,27). The van der Waals surface area contributed by atoms with Crippen molar-refractivity contribution in [2.24, 2.45) is 0 Å². The molecule has 1 N–H and O–H groups in total. The highest BCUT2D eigenvalue weighted by Gasteiger charge is 2.12. The molecule has 1 amide bonds. The molecule has 0 spiro atoms. The van der Waals surface area contributed by atoms with Crippen LogP contribution in [0.4, 0.5) is 5.69 Å².